The molecule has 1 fully saturated rings. The summed E-state index contributed by atoms with van der Waals surface area (Å²) in [5.74, 6) is 0.895. The van der Waals surface area contributed by atoms with Crippen LogP contribution in [0.2, 0.25) is 5.02 Å². The largest absolute Gasteiger partial charge is 0.351 e. The van der Waals surface area contributed by atoms with Crippen LogP contribution in [0.25, 0.3) is 0 Å². The molecule has 0 spiro atoms. The normalized spacial score (nSPS) is 19.5. The second-order valence-corrected chi connectivity index (χ2v) is 5.22. The highest BCUT2D eigenvalue weighted by molar-refractivity contribution is 6.30. The number of pyridine rings is 1. The molecular formula is C12H17ClN4O2. The molecule has 1 unspecified atom stereocenters. The first kappa shape index (κ1) is 14.0. The van der Waals surface area contributed by atoms with Gasteiger partial charge in [0, 0.05) is 25.4 Å². The topological polar surface area (TPSA) is 85.3 Å². The summed E-state index contributed by atoms with van der Waals surface area (Å²) in [6.45, 7) is 2.21. The second-order valence-electron chi connectivity index (χ2n) is 4.78. The Morgan fingerprint density at radius 2 is 2.42 bits per heavy atom. The summed E-state index contributed by atoms with van der Waals surface area (Å²) in [7, 11) is 0. The van der Waals surface area contributed by atoms with Gasteiger partial charge in [-0.1, -0.05) is 11.6 Å². The molecule has 0 amide bonds. The molecule has 19 heavy (non-hydrogen) atoms. The highest BCUT2D eigenvalue weighted by Crippen LogP contribution is 2.31. The van der Waals surface area contributed by atoms with Crippen molar-refractivity contribution in [2.45, 2.75) is 19.3 Å². The third-order valence-corrected chi connectivity index (χ3v) is 3.61. The predicted molar refractivity (Wildman–Crippen MR) is 74.5 cm³/mol. The fraction of sp³-hybridized carbons (Fsp3) is 0.583. The van der Waals surface area contributed by atoms with Gasteiger partial charge >= 0.3 is 5.69 Å². The number of nitro groups is 1. The van der Waals surface area contributed by atoms with Crippen LogP contribution < -0.4 is 10.6 Å². The first-order valence-corrected chi connectivity index (χ1v) is 6.74. The summed E-state index contributed by atoms with van der Waals surface area (Å²) in [5, 5.41) is 11.4. The lowest BCUT2D eigenvalue weighted by atomic mass is 9.95. The molecular weight excluding hydrogens is 268 g/mol. The maximum Gasteiger partial charge on any atom is 0.313 e. The zero-order valence-corrected chi connectivity index (χ0v) is 11.3. The van der Waals surface area contributed by atoms with Crippen LogP contribution in [0, 0.1) is 16.0 Å². The molecule has 0 aliphatic carbocycles. The Bertz CT molecular complexity index is 467. The minimum absolute atomic E-state index is 0.0269. The van der Waals surface area contributed by atoms with Crippen molar-refractivity contribution in [1.82, 2.24) is 4.98 Å². The highest BCUT2D eigenvalue weighted by atomic mass is 35.5. The number of hydrogen-bond acceptors (Lipinski definition) is 5. The number of rotatable bonds is 4. The van der Waals surface area contributed by atoms with E-state index >= 15 is 0 Å². The number of piperidine rings is 1. The average Bonchev–Trinajstić information content (AvgIpc) is 2.39. The van der Waals surface area contributed by atoms with E-state index in [0.717, 1.165) is 32.4 Å². The van der Waals surface area contributed by atoms with Crippen LogP contribution in [-0.4, -0.2) is 29.5 Å². The van der Waals surface area contributed by atoms with Crippen LogP contribution >= 0.6 is 11.6 Å². The van der Waals surface area contributed by atoms with Gasteiger partial charge in [0.2, 0.25) is 5.82 Å². The molecule has 6 nitrogen and oxygen atoms in total. The first-order chi connectivity index (χ1) is 9.11. The molecule has 1 aromatic rings. The number of hydrogen-bond donors (Lipinski definition) is 1. The molecule has 1 saturated heterocycles. The molecule has 1 aliphatic rings. The van der Waals surface area contributed by atoms with Crippen LogP contribution in [-0.2, 0) is 0 Å². The van der Waals surface area contributed by atoms with Gasteiger partial charge in [0.15, 0.2) is 0 Å². The maximum absolute atomic E-state index is 11.1. The van der Waals surface area contributed by atoms with E-state index in [4.69, 9.17) is 17.3 Å². The van der Waals surface area contributed by atoms with Crippen LogP contribution in [0.3, 0.4) is 0 Å². The lowest BCUT2D eigenvalue weighted by Crippen LogP contribution is -2.37. The van der Waals surface area contributed by atoms with Crippen LogP contribution in [0.1, 0.15) is 19.3 Å². The van der Waals surface area contributed by atoms with E-state index in [1.807, 2.05) is 4.90 Å². The lowest BCUT2D eigenvalue weighted by Gasteiger charge is -2.33. The summed E-state index contributed by atoms with van der Waals surface area (Å²) >= 11 is 5.78. The molecule has 1 atom stereocenters. The van der Waals surface area contributed by atoms with Crippen LogP contribution in [0.5, 0.6) is 0 Å². The van der Waals surface area contributed by atoms with E-state index in [2.05, 4.69) is 4.98 Å². The molecule has 0 aromatic carbocycles. The molecule has 2 rings (SSSR count). The van der Waals surface area contributed by atoms with Gasteiger partial charge in [-0.3, -0.25) is 10.1 Å². The SMILES string of the molecule is NCCC1CCCN(c2ncc(Cl)cc2[N+](=O)[O-])C1. The van der Waals surface area contributed by atoms with Gasteiger partial charge in [-0.2, -0.15) is 0 Å². The van der Waals surface area contributed by atoms with Crippen molar-refractivity contribution in [2.75, 3.05) is 24.5 Å². The zero-order valence-electron chi connectivity index (χ0n) is 10.6. The molecule has 0 bridgehead atoms. The Balaban J connectivity index is 2.23. The van der Waals surface area contributed by atoms with Gasteiger partial charge in [-0.25, -0.2) is 4.98 Å². The molecule has 2 N–H and O–H groups in total. The van der Waals surface area contributed by atoms with Crippen molar-refractivity contribution in [3.05, 3.63) is 27.4 Å². The van der Waals surface area contributed by atoms with Crippen molar-refractivity contribution < 1.29 is 4.92 Å². The van der Waals surface area contributed by atoms with E-state index in [0.29, 0.717) is 18.3 Å². The summed E-state index contributed by atoms with van der Waals surface area (Å²) in [6.07, 6.45) is 4.52. The van der Waals surface area contributed by atoms with Gasteiger partial charge in [-0.15, -0.1) is 0 Å². The summed E-state index contributed by atoms with van der Waals surface area (Å²) < 4.78 is 0. The second kappa shape index (κ2) is 6.16. The lowest BCUT2D eigenvalue weighted by molar-refractivity contribution is -0.384. The van der Waals surface area contributed by atoms with Crippen molar-refractivity contribution >= 4 is 23.1 Å². The van der Waals surface area contributed by atoms with Crippen LogP contribution in [0.15, 0.2) is 12.3 Å². The maximum atomic E-state index is 11.1. The van der Waals surface area contributed by atoms with E-state index in [-0.39, 0.29) is 10.7 Å². The Hall–Kier alpha value is -1.40. The van der Waals surface area contributed by atoms with Gasteiger partial charge < -0.3 is 10.6 Å². The van der Waals surface area contributed by atoms with Gasteiger partial charge in [0.25, 0.3) is 0 Å². The van der Waals surface area contributed by atoms with E-state index in [1.54, 1.807) is 0 Å². The quantitative estimate of drug-likeness (QED) is 0.677. The summed E-state index contributed by atoms with van der Waals surface area (Å²) in [6, 6.07) is 1.36. The first-order valence-electron chi connectivity index (χ1n) is 6.36. The van der Waals surface area contributed by atoms with Gasteiger partial charge in [-0.05, 0) is 31.7 Å². The minimum Gasteiger partial charge on any atom is -0.351 e. The fourth-order valence-corrected chi connectivity index (χ4v) is 2.68. The van der Waals surface area contributed by atoms with Crippen molar-refractivity contribution in [1.29, 1.82) is 0 Å². The standard InChI is InChI=1S/C12H17ClN4O2/c13-10-6-11(17(18)19)12(15-7-10)16-5-1-2-9(8-16)3-4-14/h6-7,9H,1-5,8,14H2. The van der Waals surface area contributed by atoms with Gasteiger partial charge in [0.05, 0.1) is 9.95 Å². The Morgan fingerprint density at radius 1 is 1.63 bits per heavy atom. The predicted octanol–water partition coefficient (Wildman–Crippen LogP) is 2.21. The molecule has 0 radical (unpaired) electrons. The van der Waals surface area contributed by atoms with Crippen molar-refractivity contribution in [3.63, 3.8) is 0 Å². The number of nitrogens with two attached hydrogens (primary N) is 1. The highest BCUT2D eigenvalue weighted by Gasteiger charge is 2.26. The van der Waals surface area contributed by atoms with Crippen LogP contribution in [0.4, 0.5) is 11.5 Å². The molecule has 7 heteroatoms. The molecule has 1 aliphatic heterocycles. The Labute approximate surface area is 116 Å². The Morgan fingerprint density at radius 3 is 3.11 bits per heavy atom. The fourth-order valence-electron chi connectivity index (χ4n) is 2.53. The van der Waals surface area contributed by atoms with Crippen molar-refractivity contribution in [2.24, 2.45) is 11.7 Å². The number of aromatic nitrogens is 1. The third kappa shape index (κ3) is 3.33. The van der Waals surface area contributed by atoms with E-state index < -0.39 is 4.92 Å². The third-order valence-electron chi connectivity index (χ3n) is 3.40. The minimum atomic E-state index is -0.430. The summed E-state index contributed by atoms with van der Waals surface area (Å²) in [4.78, 5) is 16.8. The van der Waals surface area contributed by atoms with Gasteiger partial charge in [0.1, 0.15) is 0 Å². The van der Waals surface area contributed by atoms with E-state index in [9.17, 15) is 10.1 Å². The summed E-state index contributed by atoms with van der Waals surface area (Å²) in [5.41, 5.74) is 5.55. The number of nitrogens with zero attached hydrogens (tertiary/aromatic N) is 3. The molecule has 0 saturated carbocycles. The van der Waals surface area contributed by atoms with E-state index in [1.165, 1.54) is 12.3 Å². The smallest absolute Gasteiger partial charge is 0.313 e. The number of anilines is 1. The average molecular weight is 285 g/mol. The molecule has 2 heterocycles. The Kier molecular flexibility index (Phi) is 4.55. The monoisotopic (exact) mass is 284 g/mol. The molecule has 1 aromatic heterocycles. The molecule has 104 valence electrons. The zero-order chi connectivity index (χ0) is 13.8. The number of halogens is 1. The van der Waals surface area contributed by atoms with Crippen molar-refractivity contribution in [3.8, 4) is 0 Å².